The highest BCUT2D eigenvalue weighted by molar-refractivity contribution is 5.23. The van der Waals surface area contributed by atoms with Gasteiger partial charge in [-0.2, -0.15) is 0 Å². The topological polar surface area (TPSA) is 22.0 Å². The van der Waals surface area contributed by atoms with E-state index in [-0.39, 0.29) is 5.56 Å². The molecule has 1 heterocycles. The lowest BCUT2D eigenvalue weighted by atomic mass is 10.0. The van der Waals surface area contributed by atoms with Crippen molar-refractivity contribution in [3.05, 3.63) is 34.2 Å². The van der Waals surface area contributed by atoms with E-state index in [4.69, 9.17) is 0 Å². The molecule has 2 nitrogen and oxygen atoms in total. The van der Waals surface area contributed by atoms with Crippen molar-refractivity contribution in [2.45, 2.75) is 26.2 Å². The summed E-state index contributed by atoms with van der Waals surface area (Å²) in [4.78, 5) is 11.2. The zero-order valence-corrected chi connectivity index (χ0v) is 9.03. The molecule has 2 atom stereocenters. The minimum atomic E-state index is 0.0792. The summed E-state index contributed by atoms with van der Waals surface area (Å²) < 4.78 is 1.67. The fraction of sp³-hybridized carbons (Fsp3) is 0.583. The van der Waals surface area contributed by atoms with Crippen molar-refractivity contribution in [3.8, 4) is 0 Å². The summed E-state index contributed by atoms with van der Waals surface area (Å²) in [6, 6.07) is 3.65. The molecule has 0 spiro atoms. The highest BCUT2D eigenvalue weighted by Crippen LogP contribution is 2.51. The number of aryl methyl sites for hydroxylation is 1. The quantitative estimate of drug-likeness (QED) is 0.702. The van der Waals surface area contributed by atoms with E-state index in [1.54, 1.807) is 10.6 Å². The van der Waals surface area contributed by atoms with E-state index in [9.17, 15) is 4.79 Å². The second kappa shape index (κ2) is 3.26. The SMILES string of the molecule is CC(C)[C@H]1C[C@@H]1c1ccc(=O)n(C)c1. The molecule has 0 N–H and O–H groups in total. The van der Waals surface area contributed by atoms with Gasteiger partial charge in [0.25, 0.3) is 0 Å². The molecular weight excluding hydrogens is 174 g/mol. The van der Waals surface area contributed by atoms with Gasteiger partial charge in [-0.05, 0) is 29.7 Å². The number of hydrogen-bond acceptors (Lipinski definition) is 1. The zero-order valence-electron chi connectivity index (χ0n) is 9.03. The van der Waals surface area contributed by atoms with E-state index in [1.807, 2.05) is 19.3 Å². The molecule has 0 amide bonds. The van der Waals surface area contributed by atoms with Crippen LogP contribution in [0.1, 0.15) is 31.7 Å². The standard InChI is InChI=1S/C12H17NO/c1-8(2)10-6-11(10)9-4-5-12(14)13(3)7-9/h4-5,7-8,10-11H,6H2,1-3H3/t10-,11-/m1/s1. The second-order valence-corrected chi connectivity index (χ2v) is 4.66. The molecule has 2 heteroatoms. The maximum Gasteiger partial charge on any atom is 0.250 e. The second-order valence-electron chi connectivity index (χ2n) is 4.66. The third-order valence-electron chi connectivity index (χ3n) is 3.23. The smallest absolute Gasteiger partial charge is 0.250 e. The summed E-state index contributed by atoms with van der Waals surface area (Å²) in [5.41, 5.74) is 1.40. The minimum absolute atomic E-state index is 0.0792. The van der Waals surface area contributed by atoms with Crippen LogP contribution in [0.2, 0.25) is 0 Å². The van der Waals surface area contributed by atoms with Gasteiger partial charge >= 0.3 is 0 Å². The summed E-state index contributed by atoms with van der Waals surface area (Å²) >= 11 is 0. The summed E-state index contributed by atoms with van der Waals surface area (Å²) in [6.45, 7) is 4.54. The van der Waals surface area contributed by atoms with Gasteiger partial charge in [0.1, 0.15) is 0 Å². The Kier molecular flexibility index (Phi) is 2.22. The molecule has 0 aromatic carbocycles. The molecule has 14 heavy (non-hydrogen) atoms. The first-order valence-corrected chi connectivity index (χ1v) is 5.26. The monoisotopic (exact) mass is 191 g/mol. The molecule has 0 radical (unpaired) electrons. The van der Waals surface area contributed by atoms with Crippen LogP contribution < -0.4 is 5.56 Å². The predicted molar refractivity (Wildman–Crippen MR) is 57.4 cm³/mol. The van der Waals surface area contributed by atoms with Crippen molar-refractivity contribution >= 4 is 0 Å². The van der Waals surface area contributed by atoms with Gasteiger partial charge < -0.3 is 4.57 Å². The van der Waals surface area contributed by atoms with Gasteiger partial charge in [0.15, 0.2) is 0 Å². The van der Waals surface area contributed by atoms with Crippen LogP contribution in [-0.4, -0.2) is 4.57 Å². The third-order valence-corrected chi connectivity index (χ3v) is 3.23. The Morgan fingerprint density at radius 1 is 1.43 bits per heavy atom. The van der Waals surface area contributed by atoms with Gasteiger partial charge in [0.05, 0.1) is 0 Å². The van der Waals surface area contributed by atoms with Gasteiger partial charge in [-0.25, -0.2) is 0 Å². The Morgan fingerprint density at radius 2 is 2.14 bits per heavy atom. The molecule has 0 saturated heterocycles. The maximum absolute atomic E-state index is 11.2. The molecule has 1 aliphatic carbocycles. The van der Waals surface area contributed by atoms with Gasteiger partial charge in [-0.3, -0.25) is 4.79 Å². The predicted octanol–water partition coefficient (Wildman–Crippen LogP) is 2.14. The van der Waals surface area contributed by atoms with Gasteiger partial charge in [-0.1, -0.05) is 19.9 Å². The van der Waals surface area contributed by atoms with Crippen LogP contribution >= 0.6 is 0 Å². The molecule has 1 aromatic heterocycles. The van der Waals surface area contributed by atoms with Crippen LogP contribution in [0.25, 0.3) is 0 Å². The van der Waals surface area contributed by atoms with E-state index in [0.29, 0.717) is 5.92 Å². The van der Waals surface area contributed by atoms with Crippen molar-refractivity contribution in [1.29, 1.82) is 0 Å². The number of nitrogens with zero attached hydrogens (tertiary/aromatic N) is 1. The first kappa shape index (κ1) is 9.50. The van der Waals surface area contributed by atoms with Crippen molar-refractivity contribution in [2.24, 2.45) is 18.9 Å². The van der Waals surface area contributed by atoms with Crippen LogP contribution in [0.4, 0.5) is 0 Å². The van der Waals surface area contributed by atoms with Gasteiger partial charge in [0, 0.05) is 19.3 Å². The molecule has 1 aromatic rings. The normalized spacial score (nSPS) is 25.4. The highest BCUT2D eigenvalue weighted by Gasteiger charge is 2.40. The van der Waals surface area contributed by atoms with E-state index in [1.165, 1.54) is 12.0 Å². The van der Waals surface area contributed by atoms with Crippen LogP contribution in [0.15, 0.2) is 23.1 Å². The Bertz CT molecular complexity index is 392. The average Bonchev–Trinajstić information content (AvgIpc) is 2.89. The Balaban J connectivity index is 2.20. The Labute approximate surface area is 84.6 Å². The molecule has 2 rings (SSSR count). The fourth-order valence-electron chi connectivity index (χ4n) is 2.17. The number of pyridine rings is 1. The van der Waals surface area contributed by atoms with Gasteiger partial charge in [0.2, 0.25) is 5.56 Å². The summed E-state index contributed by atoms with van der Waals surface area (Å²) in [6.07, 6.45) is 3.27. The van der Waals surface area contributed by atoms with E-state index < -0.39 is 0 Å². The fourth-order valence-corrected chi connectivity index (χ4v) is 2.17. The molecule has 0 unspecified atom stereocenters. The minimum Gasteiger partial charge on any atom is -0.318 e. The third kappa shape index (κ3) is 1.61. The van der Waals surface area contributed by atoms with E-state index in [0.717, 1.165) is 11.8 Å². The maximum atomic E-state index is 11.2. The van der Waals surface area contributed by atoms with Crippen LogP contribution in [0, 0.1) is 11.8 Å². The molecule has 1 saturated carbocycles. The first-order chi connectivity index (χ1) is 6.59. The van der Waals surface area contributed by atoms with Crippen LogP contribution in [-0.2, 0) is 7.05 Å². The van der Waals surface area contributed by atoms with Crippen LogP contribution in [0.3, 0.4) is 0 Å². The average molecular weight is 191 g/mol. The van der Waals surface area contributed by atoms with Crippen molar-refractivity contribution in [3.63, 3.8) is 0 Å². The van der Waals surface area contributed by atoms with Crippen LogP contribution in [0.5, 0.6) is 0 Å². The molecule has 1 aliphatic rings. The number of hydrogen-bond donors (Lipinski definition) is 0. The number of aromatic nitrogens is 1. The number of rotatable bonds is 2. The zero-order chi connectivity index (χ0) is 10.3. The van der Waals surface area contributed by atoms with Crippen molar-refractivity contribution in [1.82, 2.24) is 4.57 Å². The molecule has 76 valence electrons. The van der Waals surface area contributed by atoms with Gasteiger partial charge in [-0.15, -0.1) is 0 Å². The lowest BCUT2D eigenvalue weighted by molar-refractivity contribution is 0.548. The Hall–Kier alpha value is -1.05. The summed E-state index contributed by atoms with van der Waals surface area (Å²) in [5.74, 6) is 2.28. The van der Waals surface area contributed by atoms with Crippen molar-refractivity contribution < 1.29 is 0 Å². The first-order valence-electron chi connectivity index (χ1n) is 5.26. The molecule has 0 aliphatic heterocycles. The molecular formula is C12H17NO. The summed E-state index contributed by atoms with van der Waals surface area (Å²) in [5, 5.41) is 0. The summed E-state index contributed by atoms with van der Waals surface area (Å²) in [7, 11) is 1.82. The lowest BCUT2D eigenvalue weighted by Crippen LogP contribution is -2.14. The Morgan fingerprint density at radius 3 is 2.64 bits per heavy atom. The van der Waals surface area contributed by atoms with Crippen molar-refractivity contribution in [2.75, 3.05) is 0 Å². The molecule has 0 bridgehead atoms. The van der Waals surface area contributed by atoms with E-state index >= 15 is 0 Å². The highest BCUT2D eigenvalue weighted by atomic mass is 16.1. The molecule has 1 fully saturated rings. The van der Waals surface area contributed by atoms with E-state index in [2.05, 4.69) is 13.8 Å². The lowest BCUT2D eigenvalue weighted by Gasteiger charge is -2.05. The largest absolute Gasteiger partial charge is 0.318 e.